The summed E-state index contributed by atoms with van der Waals surface area (Å²) < 4.78 is 13.5. The van der Waals surface area contributed by atoms with Crippen molar-refractivity contribution in [1.29, 1.82) is 0 Å². The van der Waals surface area contributed by atoms with Gasteiger partial charge in [0, 0.05) is 5.56 Å². The van der Waals surface area contributed by atoms with E-state index in [2.05, 4.69) is 20.8 Å². The smallest absolute Gasteiger partial charge is 0.129 e. The van der Waals surface area contributed by atoms with Gasteiger partial charge in [0.15, 0.2) is 0 Å². The molecule has 1 nitrogen and oxygen atoms in total. The second-order valence-corrected chi connectivity index (χ2v) is 5.99. The van der Waals surface area contributed by atoms with E-state index in [0.29, 0.717) is 12.0 Å². The molecule has 0 bridgehead atoms. The summed E-state index contributed by atoms with van der Waals surface area (Å²) in [4.78, 5) is 0. The Labute approximate surface area is 104 Å². The first-order valence-electron chi connectivity index (χ1n) is 6.24. The maximum atomic E-state index is 13.5. The maximum Gasteiger partial charge on any atom is 0.129 e. The summed E-state index contributed by atoms with van der Waals surface area (Å²) in [6.07, 6.45) is 1.89. The third kappa shape index (κ3) is 4.86. The van der Waals surface area contributed by atoms with Crippen LogP contribution in [0.15, 0.2) is 18.2 Å². The molecule has 0 amide bonds. The molecule has 1 N–H and O–H groups in total. The number of halogens is 1. The zero-order valence-corrected chi connectivity index (χ0v) is 11.3. The lowest BCUT2D eigenvalue weighted by Gasteiger charge is -2.19. The van der Waals surface area contributed by atoms with E-state index in [-0.39, 0.29) is 11.2 Å². The molecule has 1 unspecified atom stereocenters. The first kappa shape index (κ1) is 14.2. The Morgan fingerprint density at radius 2 is 1.94 bits per heavy atom. The Morgan fingerprint density at radius 1 is 1.29 bits per heavy atom. The van der Waals surface area contributed by atoms with Gasteiger partial charge in [-0.2, -0.15) is 0 Å². The van der Waals surface area contributed by atoms with Crippen molar-refractivity contribution in [2.75, 3.05) is 0 Å². The molecule has 17 heavy (non-hydrogen) atoms. The van der Waals surface area contributed by atoms with Crippen molar-refractivity contribution >= 4 is 0 Å². The summed E-state index contributed by atoms with van der Waals surface area (Å²) in [7, 11) is 0. The largest absolute Gasteiger partial charge is 0.388 e. The van der Waals surface area contributed by atoms with Crippen LogP contribution in [-0.2, 0) is 0 Å². The van der Waals surface area contributed by atoms with Crippen molar-refractivity contribution in [2.24, 2.45) is 5.41 Å². The minimum absolute atomic E-state index is 0.269. The second-order valence-electron chi connectivity index (χ2n) is 5.99. The highest BCUT2D eigenvalue weighted by molar-refractivity contribution is 5.25. The normalized spacial score (nSPS) is 13.8. The molecule has 1 aromatic carbocycles. The van der Waals surface area contributed by atoms with Crippen molar-refractivity contribution in [1.82, 2.24) is 0 Å². The lowest BCUT2D eigenvalue weighted by atomic mass is 9.88. The monoisotopic (exact) mass is 238 g/mol. The van der Waals surface area contributed by atoms with Crippen LogP contribution < -0.4 is 0 Å². The fraction of sp³-hybridized carbons (Fsp3) is 0.600. The molecule has 0 aromatic heterocycles. The zero-order valence-electron chi connectivity index (χ0n) is 11.3. The molecule has 0 saturated heterocycles. The van der Waals surface area contributed by atoms with Crippen LogP contribution in [0.5, 0.6) is 0 Å². The molecule has 96 valence electrons. The quantitative estimate of drug-likeness (QED) is 0.825. The number of aryl methyl sites for hydroxylation is 1. The first-order valence-corrected chi connectivity index (χ1v) is 6.24. The Hall–Kier alpha value is -0.890. The van der Waals surface area contributed by atoms with Crippen LogP contribution in [0.4, 0.5) is 4.39 Å². The third-order valence-electron chi connectivity index (χ3n) is 2.91. The maximum absolute atomic E-state index is 13.5. The molecule has 0 saturated carbocycles. The summed E-state index contributed by atoms with van der Waals surface area (Å²) in [5, 5.41) is 9.98. The minimum Gasteiger partial charge on any atom is -0.388 e. The Balaban J connectivity index is 2.58. The molecule has 0 heterocycles. The van der Waals surface area contributed by atoms with Gasteiger partial charge in [0.25, 0.3) is 0 Å². The predicted molar refractivity (Wildman–Crippen MR) is 69.4 cm³/mol. The molecular formula is C15H23FO. The molecule has 2 heteroatoms. The van der Waals surface area contributed by atoms with Crippen molar-refractivity contribution < 1.29 is 9.50 Å². The number of aliphatic hydroxyl groups is 1. The molecule has 0 aliphatic carbocycles. The molecule has 0 aliphatic rings. The van der Waals surface area contributed by atoms with Gasteiger partial charge < -0.3 is 5.11 Å². The van der Waals surface area contributed by atoms with E-state index in [9.17, 15) is 9.50 Å². The second kappa shape index (κ2) is 5.63. The SMILES string of the molecule is Cc1ccc(F)c(C(O)CCCC(C)(C)C)c1. The fourth-order valence-corrected chi connectivity index (χ4v) is 1.90. The molecular weight excluding hydrogens is 215 g/mol. The van der Waals surface area contributed by atoms with Crippen LogP contribution >= 0.6 is 0 Å². The van der Waals surface area contributed by atoms with Crippen LogP contribution in [0.1, 0.15) is 57.3 Å². The topological polar surface area (TPSA) is 20.2 Å². The summed E-state index contributed by atoms with van der Waals surface area (Å²) in [6, 6.07) is 4.88. The van der Waals surface area contributed by atoms with Gasteiger partial charge in [-0.3, -0.25) is 0 Å². The Bertz CT molecular complexity index is 366. The fourth-order valence-electron chi connectivity index (χ4n) is 1.90. The lowest BCUT2D eigenvalue weighted by molar-refractivity contribution is 0.153. The number of rotatable bonds is 4. The average molecular weight is 238 g/mol. The van der Waals surface area contributed by atoms with Gasteiger partial charge in [0.2, 0.25) is 0 Å². The highest BCUT2D eigenvalue weighted by Gasteiger charge is 2.15. The van der Waals surface area contributed by atoms with E-state index in [1.165, 1.54) is 6.07 Å². The average Bonchev–Trinajstić information content (AvgIpc) is 2.19. The van der Waals surface area contributed by atoms with Crippen LogP contribution in [-0.4, -0.2) is 5.11 Å². The molecule has 0 aliphatic heterocycles. The van der Waals surface area contributed by atoms with Crippen molar-refractivity contribution in [3.05, 3.63) is 35.1 Å². The summed E-state index contributed by atoms with van der Waals surface area (Å²) in [5.41, 5.74) is 1.68. The van der Waals surface area contributed by atoms with E-state index in [4.69, 9.17) is 0 Å². The van der Waals surface area contributed by atoms with Gasteiger partial charge in [-0.05, 0) is 31.2 Å². The Morgan fingerprint density at radius 3 is 2.53 bits per heavy atom. The lowest BCUT2D eigenvalue weighted by Crippen LogP contribution is -2.07. The van der Waals surface area contributed by atoms with Crippen LogP contribution in [0.25, 0.3) is 0 Å². The van der Waals surface area contributed by atoms with Crippen LogP contribution in [0, 0.1) is 18.2 Å². The third-order valence-corrected chi connectivity index (χ3v) is 2.91. The summed E-state index contributed by atoms with van der Waals surface area (Å²) in [5.74, 6) is -0.307. The number of aliphatic hydroxyl groups excluding tert-OH is 1. The van der Waals surface area contributed by atoms with Crippen molar-refractivity contribution in [2.45, 2.75) is 53.1 Å². The standard InChI is InChI=1S/C15H23FO/c1-11-7-8-13(16)12(10-11)14(17)6-5-9-15(2,3)4/h7-8,10,14,17H,5-6,9H2,1-4H3. The summed E-state index contributed by atoms with van der Waals surface area (Å²) >= 11 is 0. The van der Waals surface area contributed by atoms with E-state index in [0.717, 1.165) is 18.4 Å². The minimum atomic E-state index is -0.683. The van der Waals surface area contributed by atoms with Crippen molar-refractivity contribution in [3.63, 3.8) is 0 Å². The molecule has 0 fully saturated rings. The van der Waals surface area contributed by atoms with Gasteiger partial charge >= 0.3 is 0 Å². The number of hydrogen-bond acceptors (Lipinski definition) is 1. The Kier molecular flexibility index (Phi) is 4.70. The number of hydrogen-bond donors (Lipinski definition) is 1. The van der Waals surface area contributed by atoms with Gasteiger partial charge in [-0.25, -0.2) is 4.39 Å². The molecule has 0 spiro atoms. The number of benzene rings is 1. The zero-order chi connectivity index (χ0) is 13.1. The highest BCUT2D eigenvalue weighted by atomic mass is 19.1. The molecule has 1 aromatic rings. The van der Waals surface area contributed by atoms with Gasteiger partial charge in [-0.1, -0.05) is 44.9 Å². The van der Waals surface area contributed by atoms with Gasteiger partial charge in [0.1, 0.15) is 5.82 Å². The van der Waals surface area contributed by atoms with E-state index >= 15 is 0 Å². The van der Waals surface area contributed by atoms with Crippen LogP contribution in [0.2, 0.25) is 0 Å². The van der Waals surface area contributed by atoms with Gasteiger partial charge in [-0.15, -0.1) is 0 Å². The molecule has 1 rings (SSSR count). The van der Waals surface area contributed by atoms with E-state index in [1.807, 2.05) is 6.92 Å². The van der Waals surface area contributed by atoms with Gasteiger partial charge in [0.05, 0.1) is 6.10 Å². The summed E-state index contributed by atoms with van der Waals surface area (Å²) in [6.45, 7) is 8.43. The van der Waals surface area contributed by atoms with E-state index < -0.39 is 6.10 Å². The molecule has 1 atom stereocenters. The molecule has 0 radical (unpaired) electrons. The predicted octanol–water partition coefficient (Wildman–Crippen LogP) is 4.38. The van der Waals surface area contributed by atoms with E-state index in [1.54, 1.807) is 12.1 Å². The first-order chi connectivity index (χ1) is 7.79. The highest BCUT2D eigenvalue weighted by Crippen LogP contribution is 2.27. The van der Waals surface area contributed by atoms with Crippen molar-refractivity contribution in [3.8, 4) is 0 Å². The van der Waals surface area contributed by atoms with Crippen LogP contribution in [0.3, 0.4) is 0 Å².